The molecule has 1 aromatic carbocycles. The van der Waals surface area contributed by atoms with Gasteiger partial charge in [0.2, 0.25) is 0 Å². The number of hydrogen-bond donors (Lipinski definition) is 2. The van der Waals surface area contributed by atoms with Gasteiger partial charge in [-0.25, -0.2) is 0 Å². The van der Waals surface area contributed by atoms with Crippen LogP contribution < -0.4 is 10.6 Å². The van der Waals surface area contributed by atoms with Crippen molar-refractivity contribution in [1.82, 2.24) is 5.32 Å². The van der Waals surface area contributed by atoms with Crippen molar-refractivity contribution in [3.63, 3.8) is 0 Å². The van der Waals surface area contributed by atoms with E-state index in [9.17, 15) is 0 Å². The summed E-state index contributed by atoms with van der Waals surface area (Å²) in [5, 5.41) is 5.76. The van der Waals surface area contributed by atoms with E-state index >= 15 is 0 Å². The average Bonchev–Trinajstić information content (AvgIpc) is 2.55. The molecule has 0 aliphatic heterocycles. The summed E-state index contributed by atoms with van der Waals surface area (Å²) in [7, 11) is 2.59. The normalized spacial score (nSPS) is 11.8. The van der Waals surface area contributed by atoms with Gasteiger partial charge in [0.25, 0.3) is 0 Å². The van der Waals surface area contributed by atoms with Gasteiger partial charge in [-0.3, -0.25) is 0 Å². The maximum atomic E-state index is 5.39. The summed E-state index contributed by atoms with van der Waals surface area (Å²) in [5.41, 5.74) is 1.37. The van der Waals surface area contributed by atoms with Crippen molar-refractivity contribution in [2.45, 2.75) is 19.0 Å². The second-order valence-electron chi connectivity index (χ2n) is 4.92. The van der Waals surface area contributed by atoms with E-state index in [-0.39, 0.29) is 0 Å². The smallest absolute Gasteiger partial charge is 0.377 e. The van der Waals surface area contributed by atoms with Crippen LogP contribution in [0.2, 0.25) is 6.04 Å². The van der Waals surface area contributed by atoms with E-state index < -0.39 is 8.80 Å². The van der Waals surface area contributed by atoms with Crippen molar-refractivity contribution in [3.8, 4) is 0 Å². The number of rotatable bonds is 12. The van der Waals surface area contributed by atoms with Gasteiger partial charge in [-0.15, -0.1) is 0 Å². The molecule has 0 unspecified atom stereocenters. The Hall–Kier alpha value is -0.763. The van der Waals surface area contributed by atoms with Crippen molar-refractivity contribution in [1.29, 1.82) is 0 Å². The van der Waals surface area contributed by atoms with Crippen molar-refractivity contribution >= 4 is 8.80 Å². The van der Waals surface area contributed by atoms with E-state index in [0.717, 1.165) is 38.6 Å². The third-order valence-electron chi connectivity index (χ3n) is 3.52. The molecule has 1 rings (SSSR count). The largest absolute Gasteiger partial charge is 0.500 e. The van der Waals surface area contributed by atoms with Crippen LogP contribution in [-0.2, 0) is 19.8 Å². The zero-order chi connectivity index (χ0) is 15.4. The highest BCUT2D eigenvalue weighted by atomic mass is 28.4. The average molecular weight is 313 g/mol. The van der Waals surface area contributed by atoms with Crippen LogP contribution in [0.4, 0.5) is 0 Å². The van der Waals surface area contributed by atoms with Gasteiger partial charge in [-0.1, -0.05) is 30.3 Å². The van der Waals surface area contributed by atoms with Crippen LogP contribution in [-0.4, -0.2) is 49.8 Å². The molecule has 0 radical (unpaired) electrons. The van der Waals surface area contributed by atoms with Crippen molar-refractivity contribution in [3.05, 3.63) is 35.9 Å². The first kappa shape index (κ1) is 18.3. The van der Waals surface area contributed by atoms with Crippen molar-refractivity contribution in [2.24, 2.45) is 0 Å². The van der Waals surface area contributed by atoms with E-state index in [1.54, 1.807) is 21.3 Å². The summed E-state index contributed by atoms with van der Waals surface area (Å²) in [5.74, 6) is 0. The SMILES string of the molecule is CO[Si](CCCNCC[NH2+]Cc1ccccc1)(OC)OC. The van der Waals surface area contributed by atoms with Gasteiger partial charge in [0.1, 0.15) is 6.54 Å². The summed E-state index contributed by atoms with van der Waals surface area (Å²) in [6.07, 6.45) is 1.00. The standard InChI is InChI=1S/C15H28N2O3Si/c1-18-21(19-2,20-3)13-7-10-16-11-12-17-14-15-8-5-4-6-9-15/h4-6,8-9,16-17H,7,10-14H2,1-3H3/p+1. The second-order valence-corrected chi connectivity index (χ2v) is 8.01. The first-order valence-electron chi connectivity index (χ1n) is 7.48. The van der Waals surface area contributed by atoms with Crippen LogP contribution in [0, 0.1) is 0 Å². The topological polar surface area (TPSA) is 56.3 Å². The minimum Gasteiger partial charge on any atom is -0.377 e. The van der Waals surface area contributed by atoms with E-state index in [1.807, 2.05) is 0 Å². The Morgan fingerprint density at radius 3 is 2.29 bits per heavy atom. The van der Waals surface area contributed by atoms with Gasteiger partial charge in [0, 0.05) is 39.5 Å². The predicted octanol–water partition coefficient (Wildman–Crippen LogP) is 0.608. The van der Waals surface area contributed by atoms with Gasteiger partial charge < -0.3 is 23.9 Å². The monoisotopic (exact) mass is 313 g/mol. The lowest BCUT2D eigenvalue weighted by atomic mass is 10.2. The summed E-state index contributed by atoms with van der Waals surface area (Å²) in [4.78, 5) is 0. The fraction of sp³-hybridized carbons (Fsp3) is 0.600. The van der Waals surface area contributed by atoms with Crippen molar-refractivity contribution in [2.75, 3.05) is 41.0 Å². The second kappa shape index (κ2) is 10.9. The zero-order valence-electron chi connectivity index (χ0n) is 13.4. The number of nitrogens with two attached hydrogens (primary N) is 1. The Morgan fingerprint density at radius 2 is 1.67 bits per heavy atom. The van der Waals surface area contributed by atoms with Crippen LogP contribution in [0.3, 0.4) is 0 Å². The van der Waals surface area contributed by atoms with E-state index in [0.29, 0.717) is 0 Å². The van der Waals surface area contributed by atoms with Crippen LogP contribution >= 0.6 is 0 Å². The molecule has 120 valence electrons. The third-order valence-corrected chi connectivity index (χ3v) is 6.35. The Bertz CT molecular complexity index is 353. The molecule has 5 nitrogen and oxygen atoms in total. The Labute approximate surface area is 129 Å². The molecule has 0 spiro atoms. The Balaban J connectivity index is 2.00. The van der Waals surface area contributed by atoms with E-state index in [2.05, 4.69) is 41.0 Å². The van der Waals surface area contributed by atoms with Crippen LogP contribution in [0.25, 0.3) is 0 Å². The molecular formula is C15H29N2O3Si+. The molecule has 0 atom stereocenters. The lowest BCUT2D eigenvalue weighted by molar-refractivity contribution is -0.668. The molecule has 6 heteroatoms. The lowest BCUT2D eigenvalue weighted by Gasteiger charge is -2.24. The summed E-state index contributed by atoms with van der Waals surface area (Å²) in [6.45, 7) is 4.09. The molecule has 0 amide bonds. The first-order valence-corrected chi connectivity index (χ1v) is 9.41. The Kier molecular flexibility index (Phi) is 9.48. The molecule has 0 aliphatic carbocycles. The number of benzene rings is 1. The molecule has 0 heterocycles. The minimum atomic E-state index is -2.38. The van der Waals surface area contributed by atoms with Crippen LogP contribution in [0.5, 0.6) is 0 Å². The quantitative estimate of drug-likeness (QED) is 0.438. The van der Waals surface area contributed by atoms with Gasteiger partial charge in [-0.2, -0.15) is 0 Å². The lowest BCUT2D eigenvalue weighted by Crippen LogP contribution is -2.84. The van der Waals surface area contributed by atoms with Crippen LogP contribution in [0.1, 0.15) is 12.0 Å². The Morgan fingerprint density at radius 1 is 1.00 bits per heavy atom. The maximum Gasteiger partial charge on any atom is 0.500 e. The zero-order valence-corrected chi connectivity index (χ0v) is 14.4. The molecule has 0 saturated carbocycles. The number of nitrogens with one attached hydrogen (secondary N) is 1. The highest BCUT2D eigenvalue weighted by Crippen LogP contribution is 2.14. The van der Waals surface area contributed by atoms with Gasteiger partial charge >= 0.3 is 8.80 Å². The first-order chi connectivity index (χ1) is 10.3. The third kappa shape index (κ3) is 7.17. The molecule has 0 fully saturated rings. The van der Waals surface area contributed by atoms with Gasteiger partial charge in [-0.05, 0) is 13.0 Å². The summed E-state index contributed by atoms with van der Waals surface area (Å²) in [6, 6.07) is 11.4. The molecule has 0 aromatic heterocycles. The molecule has 3 N–H and O–H groups in total. The van der Waals surface area contributed by atoms with Crippen molar-refractivity contribution < 1.29 is 18.6 Å². The number of hydrogen-bond acceptors (Lipinski definition) is 4. The minimum absolute atomic E-state index is 0.844. The highest BCUT2D eigenvalue weighted by Gasteiger charge is 2.36. The fourth-order valence-corrected chi connectivity index (χ4v) is 3.92. The molecule has 0 saturated heterocycles. The van der Waals surface area contributed by atoms with Gasteiger partial charge in [0.05, 0.1) is 6.54 Å². The fourth-order valence-electron chi connectivity index (χ4n) is 2.20. The molecular weight excluding hydrogens is 284 g/mol. The van der Waals surface area contributed by atoms with E-state index in [1.165, 1.54) is 5.56 Å². The molecule has 0 bridgehead atoms. The summed E-state index contributed by atoms with van der Waals surface area (Å²) >= 11 is 0. The molecule has 1 aromatic rings. The van der Waals surface area contributed by atoms with E-state index in [4.69, 9.17) is 13.3 Å². The van der Waals surface area contributed by atoms with Crippen LogP contribution in [0.15, 0.2) is 30.3 Å². The summed E-state index contributed by atoms with van der Waals surface area (Å²) < 4.78 is 16.2. The molecule has 21 heavy (non-hydrogen) atoms. The highest BCUT2D eigenvalue weighted by molar-refractivity contribution is 6.60. The number of quaternary nitrogens is 1. The maximum absolute atomic E-state index is 5.39. The predicted molar refractivity (Wildman–Crippen MR) is 86.0 cm³/mol. The van der Waals surface area contributed by atoms with Gasteiger partial charge in [0.15, 0.2) is 0 Å². The molecule has 0 aliphatic rings.